The van der Waals surface area contributed by atoms with Crippen molar-refractivity contribution in [1.29, 1.82) is 0 Å². The number of amides is 1. The lowest BCUT2D eigenvalue weighted by atomic mass is 9.96. The summed E-state index contributed by atoms with van der Waals surface area (Å²) < 4.78 is 38.0. The van der Waals surface area contributed by atoms with E-state index in [9.17, 15) is 18.0 Å². The van der Waals surface area contributed by atoms with E-state index in [1.54, 1.807) is 0 Å². The van der Waals surface area contributed by atoms with Gasteiger partial charge in [0.15, 0.2) is 5.17 Å². The average Bonchev–Trinajstić information content (AvgIpc) is 3.07. The normalized spacial score (nSPS) is 19.0. The summed E-state index contributed by atoms with van der Waals surface area (Å²) >= 11 is 7.50. The summed E-state index contributed by atoms with van der Waals surface area (Å²) in [7, 11) is 0. The van der Waals surface area contributed by atoms with Crippen LogP contribution in [-0.4, -0.2) is 41.4 Å². The Morgan fingerprint density at radius 3 is 2.64 bits per heavy atom. The first kappa shape index (κ1) is 18.3. The number of alkyl halides is 3. The van der Waals surface area contributed by atoms with Gasteiger partial charge < -0.3 is 10.2 Å². The lowest BCUT2D eigenvalue weighted by Crippen LogP contribution is -2.42. The van der Waals surface area contributed by atoms with Crippen molar-refractivity contribution in [2.45, 2.75) is 19.0 Å². The zero-order valence-corrected chi connectivity index (χ0v) is 14.7. The Kier molecular flexibility index (Phi) is 5.43. The maximum Gasteiger partial charge on any atom is 0.417 e. The highest BCUT2D eigenvalue weighted by Gasteiger charge is 2.33. The Balaban J connectivity index is 1.59. The first-order chi connectivity index (χ1) is 11.8. The fourth-order valence-corrected chi connectivity index (χ4v) is 3.81. The number of thioether (sulfide) groups is 1. The molecule has 0 atom stereocenters. The van der Waals surface area contributed by atoms with E-state index < -0.39 is 11.7 Å². The molecule has 0 aliphatic carbocycles. The second-order valence-electron chi connectivity index (χ2n) is 5.81. The molecule has 0 radical (unpaired) electrons. The fraction of sp³-hybridized carbons (Fsp3) is 0.533. The predicted molar refractivity (Wildman–Crippen MR) is 92.1 cm³/mol. The minimum atomic E-state index is -4.47. The summed E-state index contributed by atoms with van der Waals surface area (Å²) in [6.07, 6.45) is -2.51. The van der Waals surface area contributed by atoms with Crippen molar-refractivity contribution in [3.8, 4) is 0 Å². The number of hydrogen-bond donors (Lipinski definition) is 1. The Morgan fingerprint density at radius 2 is 2.08 bits per heavy atom. The van der Waals surface area contributed by atoms with Crippen molar-refractivity contribution < 1.29 is 18.0 Å². The maximum atomic E-state index is 12.7. The molecule has 0 unspecified atom stereocenters. The van der Waals surface area contributed by atoms with Crippen molar-refractivity contribution in [3.05, 3.63) is 22.8 Å². The number of rotatable bonds is 2. The second-order valence-corrected chi connectivity index (χ2v) is 7.30. The monoisotopic (exact) mass is 392 g/mol. The molecule has 25 heavy (non-hydrogen) atoms. The summed E-state index contributed by atoms with van der Waals surface area (Å²) in [5.74, 6) is 1.00. The average molecular weight is 393 g/mol. The number of nitrogens with one attached hydrogen (secondary N) is 1. The Morgan fingerprint density at radius 1 is 1.36 bits per heavy atom. The van der Waals surface area contributed by atoms with Gasteiger partial charge in [0.25, 0.3) is 0 Å². The van der Waals surface area contributed by atoms with E-state index in [-0.39, 0.29) is 16.8 Å². The first-order valence-corrected chi connectivity index (χ1v) is 9.17. The number of aliphatic imine (C=N–C) groups is 1. The number of carbonyl (C=O) groups is 1. The highest BCUT2D eigenvalue weighted by Crippen LogP contribution is 2.34. The Labute approximate surface area is 152 Å². The van der Waals surface area contributed by atoms with Crippen LogP contribution in [0.3, 0.4) is 0 Å². The van der Waals surface area contributed by atoms with Crippen LogP contribution in [0.25, 0.3) is 0 Å². The van der Waals surface area contributed by atoms with Gasteiger partial charge in [-0.05, 0) is 18.9 Å². The number of halogens is 4. The van der Waals surface area contributed by atoms with Crippen LogP contribution in [0.2, 0.25) is 5.02 Å². The first-order valence-electron chi connectivity index (χ1n) is 7.80. The van der Waals surface area contributed by atoms with E-state index in [1.165, 1.54) is 11.8 Å². The van der Waals surface area contributed by atoms with Gasteiger partial charge >= 0.3 is 6.18 Å². The molecule has 2 aliphatic heterocycles. The topological polar surface area (TPSA) is 57.6 Å². The molecule has 1 amide bonds. The molecule has 136 valence electrons. The van der Waals surface area contributed by atoms with Gasteiger partial charge in [-0.3, -0.25) is 9.79 Å². The number of carbonyl (C=O) groups excluding carboxylic acids is 1. The van der Waals surface area contributed by atoms with Crippen LogP contribution >= 0.6 is 23.4 Å². The molecule has 5 nitrogen and oxygen atoms in total. The lowest BCUT2D eigenvalue weighted by Gasteiger charge is -2.32. The predicted octanol–water partition coefficient (Wildman–Crippen LogP) is 3.19. The van der Waals surface area contributed by atoms with Crippen LogP contribution in [0.1, 0.15) is 18.4 Å². The van der Waals surface area contributed by atoms with Crippen molar-refractivity contribution in [3.63, 3.8) is 0 Å². The van der Waals surface area contributed by atoms with E-state index in [2.05, 4.69) is 15.3 Å². The summed E-state index contributed by atoms with van der Waals surface area (Å²) in [6, 6.07) is 0.887. The quantitative estimate of drug-likeness (QED) is 0.839. The number of aromatic nitrogens is 1. The van der Waals surface area contributed by atoms with Crippen molar-refractivity contribution >= 4 is 40.3 Å². The van der Waals surface area contributed by atoms with Gasteiger partial charge in [-0.1, -0.05) is 23.4 Å². The standard InChI is InChI=1S/C15H16ClF3N4OS/c16-11-7-10(15(17,18)19)8-21-12(11)23-4-1-9(2-5-23)13(24)22-14-20-3-6-25-14/h7-9H,1-6H2,(H,20,22,24). The van der Waals surface area contributed by atoms with Crippen LogP contribution in [0.5, 0.6) is 0 Å². The van der Waals surface area contributed by atoms with Gasteiger partial charge in [-0.2, -0.15) is 13.2 Å². The third-order valence-corrected chi connectivity index (χ3v) is 5.30. The molecule has 0 saturated carbocycles. The zero-order valence-electron chi connectivity index (χ0n) is 13.1. The van der Waals surface area contributed by atoms with E-state index in [0.717, 1.165) is 24.6 Å². The molecule has 3 heterocycles. The molecule has 2 aliphatic rings. The van der Waals surface area contributed by atoms with E-state index in [4.69, 9.17) is 11.6 Å². The molecular formula is C15H16ClF3N4OS. The number of pyridine rings is 1. The van der Waals surface area contributed by atoms with Gasteiger partial charge in [0.2, 0.25) is 5.91 Å². The van der Waals surface area contributed by atoms with Crippen molar-refractivity contribution in [2.24, 2.45) is 10.9 Å². The SMILES string of the molecule is O=C(NC1=NCCS1)C1CCN(c2ncc(C(F)(F)F)cc2Cl)CC1. The third kappa shape index (κ3) is 4.38. The van der Waals surface area contributed by atoms with Gasteiger partial charge in [0.1, 0.15) is 5.82 Å². The summed E-state index contributed by atoms with van der Waals surface area (Å²) in [4.78, 5) is 22.1. The molecule has 1 N–H and O–H groups in total. The van der Waals surface area contributed by atoms with Crippen LogP contribution < -0.4 is 10.2 Å². The van der Waals surface area contributed by atoms with Crippen LogP contribution in [0.4, 0.5) is 19.0 Å². The molecule has 1 aromatic rings. The Hall–Kier alpha value is -1.48. The molecule has 1 saturated heterocycles. The molecule has 3 rings (SSSR count). The fourth-order valence-electron chi connectivity index (χ4n) is 2.79. The van der Waals surface area contributed by atoms with Crippen LogP contribution in [-0.2, 0) is 11.0 Å². The maximum absolute atomic E-state index is 12.7. The zero-order chi connectivity index (χ0) is 18.0. The van der Waals surface area contributed by atoms with Crippen LogP contribution in [0.15, 0.2) is 17.3 Å². The highest BCUT2D eigenvalue weighted by molar-refractivity contribution is 8.14. The number of amidine groups is 1. The molecule has 1 aromatic heterocycles. The van der Waals surface area contributed by atoms with Gasteiger partial charge in [0.05, 0.1) is 17.1 Å². The molecule has 1 fully saturated rings. The Bertz CT molecular complexity index is 690. The lowest BCUT2D eigenvalue weighted by molar-refractivity contribution is -0.137. The highest BCUT2D eigenvalue weighted by atomic mass is 35.5. The number of nitrogens with zero attached hydrogens (tertiary/aromatic N) is 3. The summed E-state index contributed by atoms with van der Waals surface area (Å²) in [6.45, 7) is 1.74. The van der Waals surface area contributed by atoms with E-state index >= 15 is 0 Å². The van der Waals surface area contributed by atoms with E-state index in [1.807, 2.05) is 4.90 Å². The molecule has 0 spiro atoms. The largest absolute Gasteiger partial charge is 0.417 e. The summed E-state index contributed by atoms with van der Waals surface area (Å²) in [5.41, 5.74) is -0.870. The molecule has 0 bridgehead atoms. The molecule has 0 aromatic carbocycles. The van der Waals surface area contributed by atoms with Gasteiger partial charge in [-0.25, -0.2) is 4.98 Å². The second kappa shape index (κ2) is 7.41. The molecular weight excluding hydrogens is 377 g/mol. The van der Waals surface area contributed by atoms with Gasteiger partial charge in [0, 0.05) is 31.0 Å². The van der Waals surface area contributed by atoms with Crippen molar-refractivity contribution in [1.82, 2.24) is 10.3 Å². The minimum Gasteiger partial charge on any atom is -0.355 e. The molecule has 10 heteroatoms. The number of anilines is 1. The number of hydrogen-bond acceptors (Lipinski definition) is 5. The summed E-state index contributed by atoms with van der Waals surface area (Å²) in [5, 5.41) is 3.46. The van der Waals surface area contributed by atoms with E-state index in [0.29, 0.717) is 36.9 Å². The number of piperidine rings is 1. The van der Waals surface area contributed by atoms with Crippen molar-refractivity contribution in [2.75, 3.05) is 30.3 Å². The van der Waals surface area contributed by atoms with Crippen LogP contribution in [0, 0.1) is 5.92 Å². The van der Waals surface area contributed by atoms with Gasteiger partial charge in [-0.15, -0.1) is 0 Å². The minimum absolute atomic E-state index is 0.0329. The third-order valence-electron chi connectivity index (χ3n) is 4.13. The smallest absolute Gasteiger partial charge is 0.355 e.